The first-order valence-corrected chi connectivity index (χ1v) is 5.61. The fourth-order valence-electron chi connectivity index (χ4n) is 1.44. The number of carbonyl (C=O) groups excluding carboxylic acids is 1. The van der Waals surface area contributed by atoms with Crippen molar-refractivity contribution in [3.63, 3.8) is 0 Å². The Kier molecular flexibility index (Phi) is 5.02. The molecule has 2 N–H and O–H groups in total. The van der Waals surface area contributed by atoms with Crippen LogP contribution in [0.4, 0.5) is 0 Å². The molecule has 0 spiro atoms. The minimum Gasteiger partial charge on any atom is -0.340 e. The Morgan fingerprint density at radius 3 is 2.65 bits per heavy atom. The topological polar surface area (TPSA) is 46.3 Å². The van der Waals surface area contributed by atoms with Gasteiger partial charge in [0, 0.05) is 25.0 Å². The van der Waals surface area contributed by atoms with Crippen molar-refractivity contribution in [1.82, 2.24) is 4.90 Å². The molecule has 1 rings (SSSR count). The normalized spacial score (nSPS) is 11.6. The predicted molar refractivity (Wildman–Crippen MR) is 69.4 cm³/mol. The fraction of sp³-hybridized carbons (Fsp3) is 0.308. The molecule has 0 saturated heterocycles. The summed E-state index contributed by atoms with van der Waals surface area (Å²) in [5.41, 5.74) is 6.65. The van der Waals surface area contributed by atoms with E-state index in [4.69, 9.17) is 23.8 Å². The summed E-state index contributed by atoms with van der Waals surface area (Å²) in [6, 6.07) is 6.70. The van der Waals surface area contributed by atoms with Gasteiger partial charge in [-0.05, 0) is 17.7 Å². The predicted octanol–water partition coefficient (Wildman–Crippen LogP) is 1.65. The average Bonchev–Trinajstić information content (AvgIpc) is 2.31. The van der Waals surface area contributed by atoms with E-state index < -0.39 is 6.04 Å². The lowest BCUT2D eigenvalue weighted by atomic mass is 10.1. The lowest BCUT2D eigenvalue weighted by Crippen LogP contribution is -2.41. The van der Waals surface area contributed by atoms with Crippen molar-refractivity contribution in [3.05, 3.63) is 34.9 Å². The van der Waals surface area contributed by atoms with Crippen molar-refractivity contribution in [2.75, 3.05) is 7.05 Å². The van der Waals surface area contributed by atoms with E-state index in [0.717, 1.165) is 5.56 Å². The number of hydrogen-bond acceptors (Lipinski definition) is 2. The van der Waals surface area contributed by atoms with Crippen LogP contribution >= 0.6 is 11.6 Å². The molecule has 1 aromatic rings. The molecule has 0 aliphatic rings. The number of nitrogens with two attached hydrogens (primary N) is 1. The molecule has 1 amide bonds. The Morgan fingerprint density at radius 1 is 1.53 bits per heavy atom. The standard InChI is InChI=1S/C13H15ClN2O/c1-3-4-12(15)13(17)16(2)9-10-5-7-11(14)8-6-10/h1,5-8,12H,4,9,15H2,2H3. The second kappa shape index (κ2) is 6.29. The third-order valence-corrected chi connectivity index (χ3v) is 2.62. The van der Waals surface area contributed by atoms with Gasteiger partial charge in [0.1, 0.15) is 0 Å². The molecule has 1 unspecified atom stereocenters. The lowest BCUT2D eigenvalue weighted by Gasteiger charge is -2.20. The van der Waals surface area contributed by atoms with Gasteiger partial charge in [0.2, 0.25) is 5.91 Å². The monoisotopic (exact) mass is 250 g/mol. The molecule has 0 aliphatic heterocycles. The fourth-order valence-corrected chi connectivity index (χ4v) is 1.56. The number of hydrogen-bond donors (Lipinski definition) is 1. The van der Waals surface area contributed by atoms with E-state index in [1.165, 1.54) is 0 Å². The lowest BCUT2D eigenvalue weighted by molar-refractivity contribution is -0.131. The number of carbonyl (C=O) groups is 1. The highest BCUT2D eigenvalue weighted by Crippen LogP contribution is 2.11. The van der Waals surface area contributed by atoms with Gasteiger partial charge in [-0.1, -0.05) is 23.7 Å². The highest BCUT2D eigenvalue weighted by molar-refractivity contribution is 6.30. The number of halogens is 1. The minimum atomic E-state index is -0.627. The van der Waals surface area contributed by atoms with E-state index in [1.807, 2.05) is 12.1 Å². The molecule has 0 saturated carbocycles. The van der Waals surface area contributed by atoms with Crippen molar-refractivity contribution in [1.29, 1.82) is 0 Å². The third kappa shape index (κ3) is 4.10. The molecule has 90 valence electrons. The van der Waals surface area contributed by atoms with Crippen LogP contribution in [-0.2, 0) is 11.3 Å². The van der Waals surface area contributed by atoms with Crippen LogP contribution < -0.4 is 5.73 Å². The van der Waals surface area contributed by atoms with Gasteiger partial charge in [-0.3, -0.25) is 4.79 Å². The van der Waals surface area contributed by atoms with Crippen LogP contribution in [0, 0.1) is 12.3 Å². The Balaban J connectivity index is 2.60. The number of rotatable bonds is 4. The number of amides is 1. The Morgan fingerprint density at radius 2 is 2.12 bits per heavy atom. The Bertz CT molecular complexity index is 422. The number of likely N-dealkylation sites (N-methyl/N-ethyl adjacent to an activating group) is 1. The summed E-state index contributed by atoms with van der Waals surface area (Å²) in [7, 11) is 1.70. The molecular formula is C13H15ClN2O. The molecule has 1 aromatic carbocycles. The molecule has 4 heteroatoms. The van der Waals surface area contributed by atoms with Crippen LogP contribution in [0.15, 0.2) is 24.3 Å². The maximum Gasteiger partial charge on any atom is 0.240 e. The summed E-state index contributed by atoms with van der Waals surface area (Å²) in [5, 5.41) is 0.673. The van der Waals surface area contributed by atoms with Crippen molar-refractivity contribution in [3.8, 4) is 12.3 Å². The van der Waals surface area contributed by atoms with Gasteiger partial charge in [-0.25, -0.2) is 0 Å². The Hall–Kier alpha value is -1.50. The summed E-state index contributed by atoms with van der Waals surface area (Å²) in [5.74, 6) is 2.23. The first-order chi connectivity index (χ1) is 8.04. The van der Waals surface area contributed by atoms with Crippen molar-refractivity contribution in [2.24, 2.45) is 5.73 Å². The van der Waals surface area contributed by atoms with E-state index in [2.05, 4.69) is 5.92 Å². The minimum absolute atomic E-state index is 0.155. The highest BCUT2D eigenvalue weighted by Gasteiger charge is 2.16. The van der Waals surface area contributed by atoms with Crippen molar-refractivity contribution < 1.29 is 4.79 Å². The smallest absolute Gasteiger partial charge is 0.240 e. The van der Waals surface area contributed by atoms with Crippen LogP contribution in [0.2, 0.25) is 5.02 Å². The zero-order chi connectivity index (χ0) is 12.8. The number of terminal acetylenes is 1. The zero-order valence-electron chi connectivity index (χ0n) is 9.69. The first kappa shape index (κ1) is 13.6. The van der Waals surface area contributed by atoms with E-state index in [9.17, 15) is 4.79 Å². The molecule has 17 heavy (non-hydrogen) atoms. The average molecular weight is 251 g/mol. The van der Waals surface area contributed by atoms with Gasteiger partial charge in [-0.2, -0.15) is 0 Å². The molecule has 0 bridgehead atoms. The molecule has 0 aliphatic carbocycles. The van der Waals surface area contributed by atoms with E-state index in [1.54, 1.807) is 24.1 Å². The molecule has 0 aromatic heterocycles. The number of nitrogens with zero attached hydrogens (tertiary/aromatic N) is 1. The molecule has 0 radical (unpaired) electrons. The van der Waals surface area contributed by atoms with Gasteiger partial charge in [0.05, 0.1) is 6.04 Å². The van der Waals surface area contributed by atoms with Gasteiger partial charge in [-0.15, -0.1) is 12.3 Å². The van der Waals surface area contributed by atoms with Crippen LogP contribution in [0.3, 0.4) is 0 Å². The molecule has 3 nitrogen and oxygen atoms in total. The second-order valence-electron chi connectivity index (χ2n) is 3.84. The highest BCUT2D eigenvalue weighted by atomic mass is 35.5. The maximum absolute atomic E-state index is 11.8. The Labute approximate surface area is 107 Å². The van der Waals surface area contributed by atoms with E-state index in [0.29, 0.717) is 11.6 Å². The summed E-state index contributed by atoms with van der Waals surface area (Å²) < 4.78 is 0. The summed E-state index contributed by atoms with van der Waals surface area (Å²) in [6.45, 7) is 0.494. The van der Waals surface area contributed by atoms with E-state index >= 15 is 0 Å². The molecule has 0 fully saturated rings. The third-order valence-electron chi connectivity index (χ3n) is 2.36. The van der Waals surface area contributed by atoms with Gasteiger partial charge >= 0.3 is 0 Å². The van der Waals surface area contributed by atoms with Gasteiger partial charge in [0.15, 0.2) is 0 Å². The summed E-state index contributed by atoms with van der Waals surface area (Å²) >= 11 is 5.78. The molecular weight excluding hydrogens is 236 g/mol. The van der Waals surface area contributed by atoms with Gasteiger partial charge in [0.25, 0.3) is 0 Å². The first-order valence-electron chi connectivity index (χ1n) is 5.23. The van der Waals surface area contributed by atoms with Crippen molar-refractivity contribution in [2.45, 2.75) is 19.0 Å². The van der Waals surface area contributed by atoms with Gasteiger partial charge < -0.3 is 10.6 Å². The van der Waals surface area contributed by atoms with E-state index in [-0.39, 0.29) is 12.3 Å². The van der Waals surface area contributed by atoms with Crippen LogP contribution in [-0.4, -0.2) is 23.9 Å². The SMILES string of the molecule is C#CCC(N)C(=O)N(C)Cc1ccc(Cl)cc1. The van der Waals surface area contributed by atoms with Crippen molar-refractivity contribution >= 4 is 17.5 Å². The quantitative estimate of drug-likeness (QED) is 0.826. The zero-order valence-corrected chi connectivity index (χ0v) is 10.4. The maximum atomic E-state index is 11.8. The second-order valence-corrected chi connectivity index (χ2v) is 4.27. The largest absolute Gasteiger partial charge is 0.340 e. The summed E-state index contributed by atoms with van der Waals surface area (Å²) in [6.07, 6.45) is 5.37. The summed E-state index contributed by atoms with van der Waals surface area (Å²) in [4.78, 5) is 13.3. The van der Waals surface area contributed by atoms with Crippen LogP contribution in [0.5, 0.6) is 0 Å². The molecule has 1 atom stereocenters. The molecule has 0 heterocycles. The van der Waals surface area contributed by atoms with Crippen LogP contribution in [0.1, 0.15) is 12.0 Å². The van der Waals surface area contributed by atoms with Crippen LogP contribution in [0.25, 0.3) is 0 Å². The number of benzene rings is 1.